The van der Waals surface area contributed by atoms with Crippen molar-refractivity contribution in [3.63, 3.8) is 0 Å². The number of hydrogen-bond acceptors (Lipinski definition) is 4. The van der Waals surface area contributed by atoms with Crippen LogP contribution >= 0.6 is 0 Å². The molecule has 0 spiro atoms. The van der Waals surface area contributed by atoms with Crippen molar-refractivity contribution in [2.75, 3.05) is 6.79 Å². The maximum absolute atomic E-state index is 12.3. The molecule has 4 rings (SSSR count). The number of nitrogens with zero attached hydrogens (tertiary/aromatic N) is 1. The molecular formula is C13H8N2O3. The second-order valence-corrected chi connectivity index (χ2v) is 4.10. The molecule has 5 nitrogen and oxygen atoms in total. The Labute approximate surface area is 101 Å². The molecule has 1 aliphatic rings. The van der Waals surface area contributed by atoms with Crippen LogP contribution in [0.15, 0.2) is 35.3 Å². The Morgan fingerprint density at radius 2 is 2.00 bits per heavy atom. The predicted octanol–water partition coefficient (Wildman–Crippen LogP) is 1.80. The highest BCUT2D eigenvalue weighted by molar-refractivity contribution is 5.92. The van der Waals surface area contributed by atoms with Crippen LogP contribution in [0.25, 0.3) is 21.9 Å². The summed E-state index contributed by atoms with van der Waals surface area (Å²) in [5.74, 6) is 1.25. The van der Waals surface area contributed by atoms with Crippen molar-refractivity contribution in [2.45, 2.75) is 0 Å². The fraction of sp³-hybridized carbons (Fsp3) is 0.0769. The highest BCUT2D eigenvalue weighted by atomic mass is 16.7. The van der Waals surface area contributed by atoms with Crippen molar-refractivity contribution in [1.82, 2.24) is 9.97 Å². The van der Waals surface area contributed by atoms with Gasteiger partial charge in [0.2, 0.25) is 6.79 Å². The summed E-state index contributed by atoms with van der Waals surface area (Å²) in [6.45, 7) is 0.192. The molecule has 5 heteroatoms. The third kappa shape index (κ3) is 1.15. The number of benzene rings is 1. The fourth-order valence-corrected chi connectivity index (χ4v) is 2.19. The minimum atomic E-state index is -0.0508. The third-order valence-corrected chi connectivity index (χ3v) is 3.06. The number of pyridine rings is 2. The van der Waals surface area contributed by atoms with E-state index >= 15 is 0 Å². The van der Waals surface area contributed by atoms with Crippen molar-refractivity contribution in [3.05, 3.63) is 40.7 Å². The van der Waals surface area contributed by atoms with Gasteiger partial charge < -0.3 is 14.5 Å². The van der Waals surface area contributed by atoms with Crippen molar-refractivity contribution in [3.8, 4) is 11.5 Å². The highest BCUT2D eigenvalue weighted by Gasteiger charge is 2.16. The largest absolute Gasteiger partial charge is 0.454 e. The summed E-state index contributed by atoms with van der Waals surface area (Å²) in [6, 6.07) is 6.98. The first-order valence-corrected chi connectivity index (χ1v) is 5.53. The van der Waals surface area contributed by atoms with Gasteiger partial charge in [0.25, 0.3) is 0 Å². The Morgan fingerprint density at radius 1 is 1.17 bits per heavy atom. The summed E-state index contributed by atoms with van der Waals surface area (Å²) < 4.78 is 10.6. The summed E-state index contributed by atoms with van der Waals surface area (Å²) in [5.41, 5.74) is 1.23. The maximum atomic E-state index is 12.3. The molecule has 0 atom stereocenters. The van der Waals surface area contributed by atoms with E-state index in [1.165, 1.54) is 0 Å². The number of rotatable bonds is 0. The third-order valence-electron chi connectivity index (χ3n) is 3.06. The monoisotopic (exact) mass is 240 g/mol. The molecular weight excluding hydrogens is 232 g/mol. The van der Waals surface area contributed by atoms with Crippen LogP contribution in [-0.4, -0.2) is 16.8 Å². The van der Waals surface area contributed by atoms with Crippen LogP contribution in [0.5, 0.6) is 11.5 Å². The Hall–Kier alpha value is -2.56. The van der Waals surface area contributed by atoms with Gasteiger partial charge in [0.05, 0.1) is 16.3 Å². The molecule has 3 aromatic rings. The van der Waals surface area contributed by atoms with Crippen molar-refractivity contribution in [1.29, 1.82) is 0 Å². The average Bonchev–Trinajstić information content (AvgIpc) is 2.84. The smallest absolute Gasteiger partial charge is 0.231 e. The lowest BCUT2D eigenvalue weighted by atomic mass is 10.1. The van der Waals surface area contributed by atoms with Crippen LogP contribution in [0.3, 0.4) is 0 Å². The Bertz CT molecular complexity index is 839. The van der Waals surface area contributed by atoms with Gasteiger partial charge in [-0.05, 0) is 18.2 Å². The van der Waals surface area contributed by atoms with E-state index in [1.54, 1.807) is 30.5 Å². The zero-order valence-electron chi connectivity index (χ0n) is 9.27. The highest BCUT2D eigenvalue weighted by Crippen LogP contribution is 2.34. The number of aromatic amines is 1. The predicted molar refractivity (Wildman–Crippen MR) is 66.0 cm³/mol. The van der Waals surface area contributed by atoms with E-state index < -0.39 is 0 Å². The molecule has 0 amide bonds. The molecule has 0 bridgehead atoms. The molecule has 1 N–H and O–H groups in total. The van der Waals surface area contributed by atoms with Gasteiger partial charge in [-0.15, -0.1) is 0 Å². The first kappa shape index (κ1) is 9.47. The minimum Gasteiger partial charge on any atom is -0.454 e. The summed E-state index contributed by atoms with van der Waals surface area (Å²) in [6.07, 6.45) is 1.65. The van der Waals surface area contributed by atoms with Crippen LogP contribution in [0.2, 0.25) is 0 Å². The Kier molecular flexibility index (Phi) is 1.70. The molecule has 3 heterocycles. The number of H-pyrrole nitrogens is 1. The van der Waals surface area contributed by atoms with Crippen LogP contribution in [-0.2, 0) is 0 Å². The first-order valence-electron chi connectivity index (χ1n) is 5.53. The van der Waals surface area contributed by atoms with Crippen LogP contribution in [0.1, 0.15) is 0 Å². The molecule has 1 aromatic carbocycles. The zero-order valence-corrected chi connectivity index (χ0v) is 9.27. The normalized spacial score (nSPS) is 13.3. The quantitative estimate of drug-likeness (QED) is 0.608. The second-order valence-electron chi connectivity index (χ2n) is 4.10. The Balaban J connectivity index is 2.22. The van der Waals surface area contributed by atoms with Gasteiger partial charge in [0.1, 0.15) is 5.65 Å². The van der Waals surface area contributed by atoms with E-state index in [0.717, 1.165) is 0 Å². The van der Waals surface area contributed by atoms with Crippen molar-refractivity contribution < 1.29 is 9.47 Å². The number of aromatic nitrogens is 2. The SMILES string of the molecule is O=c1c2cc3c(cc2[nH]c2ncccc12)OCO3. The van der Waals surface area contributed by atoms with Gasteiger partial charge in [-0.25, -0.2) is 4.98 Å². The van der Waals surface area contributed by atoms with E-state index in [2.05, 4.69) is 9.97 Å². The molecule has 0 saturated carbocycles. The second kappa shape index (κ2) is 3.22. The van der Waals surface area contributed by atoms with Gasteiger partial charge in [-0.2, -0.15) is 0 Å². The lowest BCUT2D eigenvalue weighted by molar-refractivity contribution is 0.174. The number of ether oxygens (including phenoxy) is 2. The first-order chi connectivity index (χ1) is 8.83. The van der Waals surface area contributed by atoms with Gasteiger partial charge in [0, 0.05) is 12.3 Å². The van der Waals surface area contributed by atoms with Crippen molar-refractivity contribution >= 4 is 21.9 Å². The van der Waals surface area contributed by atoms with E-state index in [9.17, 15) is 4.79 Å². The molecule has 0 aliphatic carbocycles. The lowest BCUT2D eigenvalue weighted by Crippen LogP contribution is -2.04. The standard InChI is InChI=1S/C13H8N2O3/c16-12-7-2-1-3-14-13(7)15-9-5-11-10(4-8(9)12)17-6-18-11/h1-5H,6H2,(H,14,15,16). The average molecular weight is 240 g/mol. The molecule has 88 valence electrons. The van der Waals surface area contributed by atoms with E-state index in [4.69, 9.17) is 9.47 Å². The van der Waals surface area contributed by atoms with Gasteiger partial charge in [-0.3, -0.25) is 4.79 Å². The molecule has 0 saturated heterocycles. The van der Waals surface area contributed by atoms with E-state index in [0.29, 0.717) is 33.4 Å². The summed E-state index contributed by atoms with van der Waals surface area (Å²) in [7, 11) is 0. The molecule has 0 unspecified atom stereocenters. The minimum absolute atomic E-state index is 0.0508. The van der Waals surface area contributed by atoms with Crippen LogP contribution in [0, 0.1) is 0 Å². The lowest BCUT2D eigenvalue weighted by Gasteiger charge is -2.03. The Morgan fingerprint density at radius 3 is 2.89 bits per heavy atom. The molecule has 1 aliphatic heterocycles. The topological polar surface area (TPSA) is 64.2 Å². The fourth-order valence-electron chi connectivity index (χ4n) is 2.19. The summed E-state index contributed by atoms with van der Waals surface area (Å²) in [4.78, 5) is 19.6. The zero-order chi connectivity index (χ0) is 12.1. The number of nitrogens with one attached hydrogen (secondary N) is 1. The summed E-state index contributed by atoms with van der Waals surface area (Å²) >= 11 is 0. The molecule has 0 radical (unpaired) electrons. The van der Waals surface area contributed by atoms with Gasteiger partial charge in [-0.1, -0.05) is 0 Å². The summed E-state index contributed by atoms with van der Waals surface area (Å²) in [5, 5.41) is 1.16. The number of hydrogen-bond donors (Lipinski definition) is 1. The van der Waals surface area contributed by atoms with Gasteiger partial charge >= 0.3 is 0 Å². The van der Waals surface area contributed by atoms with Crippen LogP contribution in [0.4, 0.5) is 0 Å². The van der Waals surface area contributed by atoms with Crippen LogP contribution < -0.4 is 14.9 Å². The van der Waals surface area contributed by atoms with E-state index in [-0.39, 0.29) is 12.2 Å². The number of fused-ring (bicyclic) bond motifs is 3. The van der Waals surface area contributed by atoms with E-state index in [1.807, 2.05) is 0 Å². The molecule has 18 heavy (non-hydrogen) atoms. The molecule has 2 aromatic heterocycles. The maximum Gasteiger partial charge on any atom is 0.231 e. The van der Waals surface area contributed by atoms with Gasteiger partial charge in [0.15, 0.2) is 16.9 Å². The van der Waals surface area contributed by atoms with Crippen molar-refractivity contribution in [2.24, 2.45) is 0 Å². The molecule has 0 fully saturated rings.